The molecule has 1 aliphatic rings. The molecule has 30 heavy (non-hydrogen) atoms. The van der Waals surface area contributed by atoms with E-state index in [0.29, 0.717) is 5.75 Å². The van der Waals surface area contributed by atoms with E-state index in [1.165, 1.54) is 18.2 Å². The zero-order valence-corrected chi connectivity index (χ0v) is 16.4. The number of carboxylic acid groups (broad SMARTS) is 1. The van der Waals surface area contributed by atoms with Crippen LogP contribution in [0.3, 0.4) is 0 Å². The molecule has 2 aromatic rings. The molecule has 0 spiro atoms. The fourth-order valence-electron chi connectivity index (χ4n) is 3.41. The lowest BCUT2D eigenvalue weighted by molar-refractivity contribution is -0.149. The molecule has 1 saturated carbocycles. The molecular formula is C23H20FNO5. The molecule has 0 unspecified atom stereocenters. The molecule has 0 saturated heterocycles. The molecular weight excluding hydrogens is 389 g/mol. The third-order valence-corrected chi connectivity index (χ3v) is 5.19. The zero-order valence-electron chi connectivity index (χ0n) is 16.4. The van der Waals surface area contributed by atoms with Crippen LogP contribution in [0.15, 0.2) is 60.7 Å². The van der Waals surface area contributed by atoms with Crippen molar-refractivity contribution in [3.8, 4) is 17.6 Å². The Morgan fingerprint density at radius 3 is 2.57 bits per heavy atom. The molecule has 0 heterocycles. The Morgan fingerprint density at radius 1 is 1.23 bits per heavy atom. The summed E-state index contributed by atoms with van der Waals surface area (Å²) in [5.41, 5.74) is -0.206. The van der Waals surface area contributed by atoms with Gasteiger partial charge in [-0.05, 0) is 35.6 Å². The number of esters is 1. The van der Waals surface area contributed by atoms with Crippen LogP contribution >= 0.6 is 0 Å². The topological polar surface area (TPSA) is 96.6 Å². The molecule has 0 aliphatic heterocycles. The highest BCUT2D eigenvalue weighted by Crippen LogP contribution is 2.59. The van der Waals surface area contributed by atoms with Gasteiger partial charge in [-0.25, -0.2) is 9.18 Å². The Kier molecular flexibility index (Phi) is 5.88. The SMILES string of the molecule is CC1(C)[C@H](C(=O)O[C@H](C#N)c2ccc(F)c(Oc3ccccc3)c2)[C@@H]1/C=C\C(=O)O. The van der Waals surface area contributed by atoms with Crippen molar-refractivity contribution in [1.29, 1.82) is 5.26 Å². The van der Waals surface area contributed by atoms with E-state index < -0.39 is 35.2 Å². The Bertz CT molecular complexity index is 1030. The van der Waals surface area contributed by atoms with Crippen LogP contribution in [0.2, 0.25) is 0 Å². The number of ether oxygens (including phenoxy) is 2. The van der Waals surface area contributed by atoms with Crippen LogP contribution in [-0.4, -0.2) is 17.0 Å². The van der Waals surface area contributed by atoms with E-state index in [1.54, 1.807) is 30.3 Å². The van der Waals surface area contributed by atoms with E-state index in [0.717, 1.165) is 12.1 Å². The lowest BCUT2D eigenvalue weighted by Crippen LogP contribution is -2.14. The summed E-state index contributed by atoms with van der Waals surface area (Å²) < 4.78 is 25.0. The number of benzene rings is 2. The number of rotatable bonds is 7. The summed E-state index contributed by atoms with van der Waals surface area (Å²) in [7, 11) is 0. The zero-order chi connectivity index (χ0) is 21.9. The van der Waals surface area contributed by atoms with Gasteiger partial charge in [0.05, 0.1) is 5.92 Å². The number of nitriles is 1. The number of carbonyl (C=O) groups excluding carboxylic acids is 1. The molecule has 1 fully saturated rings. The second kappa shape index (κ2) is 8.37. The first-order valence-electron chi connectivity index (χ1n) is 9.27. The highest BCUT2D eigenvalue weighted by atomic mass is 19.1. The molecule has 0 amide bonds. The fraction of sp³-hybridized carbons (Fsp3) is 0.261. The van der Waals surface area contributed by atoms with Gasteiger partial charge in [0, 0.05) is 11.6 Å². The van der Waals surface area contributed by atoms with Gasteiger partial charge in [0.15, 0.2) is 11.6 Å². The summed E-state index contributed by atoms with van der Waals surface area (Å²) in [6.45, 7) is 3.64. The van der Waals surface area contributed by atoms with Gasteiger partial charge < -0.3 is 14.6 Å². The molecule has 154 valence electrons. The molecule has 1 aliphatic carbocycles. The predicted octanol–water partition coefficient (Wildman–Crippen LogP) is 4.64. The van der Waals surface area contributed by atoms with Crippen LogP contribution in [0.5, 0.6) is 11.5 Å². The maximum absolute atomic E-state index is 14.2. The lowest BCUT2D eigenvalue weighted by atomic mass is 10.1. The van der Waals surface area contributed by atoms with Crippen molar-refractivity contribution in [3.05, 3.63) is 72.1 Å². The largest absolute Gasteiger partial charge is 0.478 e. The Labute approximate surface area is 173 Å². The maximum Gasteiger partial charge on any atom is 0.327 e. The number of halogens is 1. The molecule has 7 heteroatoms. The van der Waals surface area contributed by atoms with Crippen molar-refractivity contribution in [3.63, 3.8) is 0 Å². The number of hydrogen-bond acceptors (Lipinski definition) is 5. The second-order valence-electron chi connectivity index (χ2n) is 7.57. The molecule has 0 radical (unpaired) electrons. The van der Waals surface area contributed by atoms with Crippen molar-refractivity contribution < 1.29 is 28.6 Å². The standard InChI is InChI=1S/C23H20FNO5/c1-23(2)16(9-11-20(26)27)21(23)22(28)30-19(13-25)14-8-10-17(24)18(12-14)29-15-6-4-3-5-7-15/h3-12,16,19,21H,1-2H3,(H,26,27)/b11-9-/t16-,19+,21-/m0/s1. The van der Waals surface area contributed by atoms with Crippen molar-refractivity contribution >= 4 is 11.9 Å². The molecule has 3 atom stereocenters. The average molecular weight is 409 g/mol. The van der Waals surface area contributed by atoms with Crippen LogP contribution in [0.4, 0.5) is 4.39 Å². The number of hydrogen-bond donors (Lipinski definition) is 1. The second-order valence-corrected chi connectivity index (χ2v) is 7.57. The summed E-state index contributed by atoms with van der Waals surface area (Å²) in [4.78, 5) is 23.3. The number of carboxylic acids is 1. The summed E-state index contributed by atoms with van der Waals surface area (Å²) in [6.07, 6.45) is 1.20. The number of allylic oxidation sites excluding steroid dienone is 1. The summed E-state index contributed by atoms with van der Waals surface area (Å²) in [5.74, 6) is -2.86. The van der Waals surface area contributed by atoms with Crippen molar-refractivity contribution in [1.82, 2.24) is 0 Å². The van der Waals surface area contributed by atoms with Crippen LogP contribution in [0, 0.1) is 34.4 Å². The highest BCUT2D eigenvalue weighted by molar-refractivity contribution is 5.82. The van der Waals surface area contributed by atoms with E-state index in [1.807, 2.05) is 19.9 Å². The smallest absolute Gasteiger partial charge is 0.327 e. The normalized spacial score (nSPS) is 20.2. The lowest BCUT2D eigenvalue weighted by Gasteiger charge is -2.14. The quantitative estimate of drug-likeness (QED) is 0.529. The van der Waals surface area contributed by atoms with Crippen LogP contribution in [0.1, 0.15) is 25.5 Å². The van der Waals surface area contributed by atoms with Crippen molar-refractivity contribution in [2.75, 3.05) is 0 Å². The Morgan fingerprint density at radius 2 is 1.93 bits per heavy atom. The van der Waals surface area contributed by atoms with Gasteiger partial charge in [0.2, 0.25) is 6.10 Å². The number of nitrogens with zero attached hydrogens (tertiary/aromatic N) is 1. The summed E-state index contributed by atoms with van der Waals surface area (Å²) >= 11 is 0. The van der Waals surface area contributed by atoms with E-state index in [-0.39, 0.29) is 17.2 Å². The van der Waals surface area contributed by atoms with Gasteiger partial charge in [-0.2, -0.15) is 5.26 Å². The number of para-hydroxylation sites is 1. The molecule has 6 nitrogen and oxygen atoms in total. The first-order valence-corrected chi connectivity index (χ1v) is 9.27. The van der Waals surface area contributed by atoms with Gasteiger partial charge in [-0.15, -0.1) is 0 Å². The third-order valence-electron chi connectivity index (χ3n) is 5.19. The molecule has 2 aromatic carbocycles. The summed E-state index contributed by atoms with van der Waals surface area (Å²) in [6, 6.07) is 14.3. The minimum absolute atomic E-state index is 0.0935. The fourth-order valence-corrected chi connectivity index (χ4v) is 3.41. The van der Waals surface area contributed by atoms with Crippen LogP contribution < -0.4 is 4.74 Å². The van der Waals surface area contributed by atoms with Crippen molar-refractivity contribution in [2.24, 2.45) is 17.3 Å². The van der Waals surface area contributed by atoms with Gasteiger partial charge in [-0.1, -0.05) is 44.2 Å². The van der Waals surface area contributed by atoms with Crippen LogP contribution in [0.25, 0.3) is 0 Å². The first kappa shape index (κ1) is 21.1. The van der Waals surface area contributed by atoms with E-state index >= 15 is 0 Å². The molecule has 1 N–H and O–H groups in total. The van der Waals surface area contributed by atoms with E-state index in [9.17, 15) is 19.2 Å². The average Bonchev–Trinajstić information content (AvgIpc) is 3.27. The van der Waals surface area contributed by atoms with Gasteiger partial charge in [0.1, 0.15) is 11.8 Å². The van der Waals surface area contributed by atoms with E-state index in [4.69, 9.17) is 14.6 Å². The highest BCUT2D eigenvalue weighted by Gasteiger charge is 2.61. The molecule has 3 rings (SSSR count). The van der Waals surface area contributed by atoms with Gasteiger partial charge in [0.25, 0.3) is 0 Å². The predicted molar refractivity (Wildman–Crippen MR) is 105 cm³/mol. The third kappa shape index (κ3) is 4.49. The van der Waals surface area contributed by atoms with Gasteiger partial charge >= 0.3 is 11.9 Å². The Hall–Kier alpha value is -3.66. The number of aliphatic carboxylic acids is 1. The minimum atomic E-state index is -1.25. The first-order chi connectivity index (χ1) is 14.2. The molecule has 0 aromatic heterocycles. The summed E-state index contributed by atoms with van der Waals surface area (Å²) in [5, 5.41) is 18.3. The molecule has 0 bridgehead atoms. The van der Waals surface area contributed by atoms with Crippen LogP contribution in [-0.2, 0) is 14.3 Å². The minimum Gasteiger partial charge on any atom is -0.478 e. The van der Waals surface area contributed by atoms with Crippen molar-refractivity contribution in [2.45, 2.75) is 20.0 Å². The monoisotopic (exact) mass is 409 g/mol. The number of carbonyl (C=O) groups is 2. The van der Waals surface area contributed by atoms with Gasteiger partial charge in [-0.3, -0.25) is 4.79 Å². The maximum atomic E-state index is 14.2. The Balaban J connectivity index is 1.75. The van der Waals surface area contributed by atoms with E-state index in [2.05, 4.69) is 0 Å².